The first kappa shape index (κ1) is 20.2. The summed E-state index contributed by atoms with van der Waals surface area (Å²) in [4.78, 5) is 16.2. The van der Waals surface area contributed by atoms with Gasteiger partial charge >= 0.3 is 0 Å². The topological polar surface area (TPSA) is 72.8 Å². The molecule has 0 saturated carbocycles. The van der Waals surface area contributed by atoms with E-state index in [1.165, 1.54) is 11.3 Å². The van der Waals surface area contributed by atoms with Crippen molar-refractivity contribution in [3.63, 3.8) is 0 Å². The molecule has 0 amide bonds. The summed E-state index contributed by atoms with van der Waals surface area (Å²) >= 11 is 4.97. The number of hydrogen-bond donors (Lipinski definition) is 0. The van der Waals surface area contributed by atoms with Crippen LogP contribution in [0.15, 0.2) is 62.4 Å². The molecular weight excluding hydrogens is 440 g/mol. The molecule has 0 N–H and O–H groups in total. The number of rotatable bonds is 5. The van der Waals surface area contributed by atoms with Crippen molar-refractivity contribution in [2.75, 3.05) is 6.54 Å². The Hall–Kier alpha value is -2.58. The summed E-state index contributed by atoms with van der Waals surface area (Å²) in [6.45, 7) is 6.19. The third-order valence-corrected chi connectivity index (χ3v) is 5.57. The summed E-state index contributed by atoms with van der Waals surface area (Å²) in [5.74, 6) is 0. The highest BCUT2D eigenvalue weighted by atomic mass is 79.9. The van der Waals surface area contributed by atoms with Crippen molar-refractivity contribution >= 4 is 38.7 Å². The van der Waals surface area contributed by atoms with Gasteiger partial charge in [-0.15, -0.1) is 11.3 Å². The zero-order valence-corrected chi connectivity index (χ0v) is 18.1. The van der Waals surface area contributed by atoms with Crippen molar-refractivity contribution < 1.29 is 4.92 Å². The van der Waals surface area contributed by atoms with Crippen LogP contribution in [0.1, 0.15) is 25.0 Å². The fourth-order valence-corrected chi connectivity index (χ4v) is 3.86. The highest BCUT2D eigenvalue weighted by Crippen LogP contribution is 2.24. The molecule has 0 spiro atoms. The van der Waals surface area contributed by atoms with Gasteiger partial charge in [0.2, 0.25) is 4.80 Å². The minimum atomic E-state index is -0.366. The van der Waals surface area contributed by atoms with Crippen molar-refractivity contribution in [1.29, 1.82) is 0 Å². The molecule has 2 aromatic carbocycles. The normalized spacial score (nSPS) is 12.4. The van der Waals surface area contributed by atoms with Crippen LogP contribution in [0.25, 0.3) is 11.3 Å². The lowest BCUT2D eigenvalue weighted by Gasteiger charge is -2.07. The molecule has 1 heterocycles. The number of thiazole rings is 1. The lowest BCUT2D eigenvalue weighted by Crippen LogP contribution is -2.14. The summed E-state index contributed by atoms with van der Waals surface area (Å²) in [5, 5.41) is 18.0. The zero-order valence-electron chi connectivity index (χ0n) is 15.7. The smallest absolute Gasteiger partial charge is 0.258 e. The molecule has 0 unspecified atom stereocenters. The summed E-state index contributed by atoms with van der Waals surface area (Å²) < 4.78 is 2.81. The number of nitrogens with zero attached hydrogens (tertiary/aromatic N) is 4. The largest absolute Gasteiger partial charge is 0.272 e. The van der Waals surface area contributed by atoms with E-state index in [-0.39, 0.29) is 10.6 Å². The number of aryl methyl sites for hydroxylation is 1. The molecule has 6 nitrogen and oxygen atoms in total. The monoisotopic (exact) mass is 458 g/mol. The highest BCUT2D eigenvalue weighted by molar-refractivity contribution is 9.10. The number of hydrogen-bond acceptors (Lipinski definition) is 5. The van der Waals surface area contributed by atoms with Crippen LogP contribution in [0, 0.1) is 17.0 Å². The molecule has 0 fully saturated rings. The van der Waals surface area contributed by atoms with E-state index >= 15 is 0 Å². The average molecular weight is 459 g/mol. The average Bonchev–Trinajstić information content (AvgIpc) is 3.05. The Balaban J connectivity index is 2.13. The maximum absolute atomic E-state index is 11.3. The second-order valence-electron chi connectivity index (χ2n) is 6.14. The van der Waals surface area contributed by atoms with Gasteiger partial charge in [0.15, 0.2) is 0 Å². The molecule has 0 radical (unpaired) electrons. The summed E-state index contributed by atoms with van der Waals surface area (Å²) in [7, 11) is 0. The predicted molar refractivity (Wildman–Crippen MR) is 117 cm³/mol. The summed E-state index contributed by atoms with van der Waals surface area (Å²) in [5.41, 5.74) is 4.04. The zero-order chi connectivity index (χ0) is 20.3. The van der Waals surface area contributed by atoms with E-state index in [4.69, 9.17) is 5.10 Å². The maximum atomic E-state index is 11.3. The first-order valence-electron chi connectivity index (χ1n) is 8.68. The Bertz CT molecular complexity index is 1110. The van der Waals surface area contributed by atoms with Crippen LogP contribution in [-0.2, 0) is 0 Å². The van der Waals surface area contributed by atoms with Crippen molar-refractivity contribution in [3.05, 3.63) is 78.4 Å². The SMILES string of the molecule is CCN=c1scc(-c2ccc(Br)cc2)n1N=C(C)c1ccc(C)c([N+](=O)[O-])c1. The van der Waals surface area contributed by atoms with Gasteiger partial charge in [0.05, 0.1) is 16.3 Å². The van der Waals surface area contributed by atoms with Gasteiger partial charge in [-0.1, -0.05) is 40.2 Å². The molecule has 0 saturated heterocycles. The lowest BCUT2D eigenvalue weighted by atomic mass is 10.1. The van der Waals surface area contributed by atoms with E-state index in [9.17, 15) is 10.1 Å². The Morgan fingerprint density at radius 3 is 2.61 bits per heavy atom. The molecule has 8 heteroatoms. The van der Waals surface area contributed by atoms with Crippen molar-refractivity contribution in [3.8, 4) is 11.3 Å². The van der Waals surface area contributed by atoms with E-state index in [1.54, 1.807) is 23.7 Å². The standard InChI is InChI=1S/C20H19BrN4O2S/c1-4-22-20-24(19(12-28-20)15-7-9-17(21)10-8-15)23-14(3)16-6-5-13(2)18(11-16)25(26)27/h5-12H,4H2,1-3H3. The van der Waals surface area contributed by atoms with Crippen LogP contribution in [0.5, 0.6) is 0 Å². The van der Waals surface area contributed by atoms with Crippen molar-refractivity contribution in [2.45, 2.75) is 20.8 Å². The second kappa shape index (κ2) is 8.62. The van der Waals surface area contributed by atoms with Crippen LogP contribution < -0.4 is 4.80 Å². The Kier molecular flexibility index (Phi) is 6.21. The predicted octanol–water partition coefficient (Wildman–Crippen LogP) is 5.39. The molecule has 3 aromatic rings. The van der Waals surface area contributed by atoms with E-state index in [1.807, 2.05) is 49.6 Å². The molecule has 0 bridgehead atoms. The van der Waals surface area contributed by atoms with Crippen LogP contribution in [-0.4, -0.2) is 21.9 Å². The van der Waals surface area contributed by atoms with Crippen LogP contribution in [0.2, 0.25) is 0 Å². The lowest BCUT2D eigenvalue weighted by molar-refractivity contribution is -0.385. The van der Waals surface area contributed by atoms with Gasteiger partial charge in [-0.2, -0.15) is 5.10 Å². The second-order valence-corrected chi connectivity index (χ2v) is 7.89. The van der Waals surface area contributed by atoms with Gasteiger partial charge in [0, 0.05) is 39.2 Å². The molecule has 3 rings (SSSR count). The highest BCUT2D eigenvalue weighted by Gasteiger charge is 2.13. The number of halogens is 1. The third kappa shape index (κ3) is 4.28. The Morgan fingerprint density at radius 2 is 1.96 bits per heavy atom. The van der Waals surface area contributed by atoms with E-state index in [2.05, 4.69) is 20.9 Å². The van der Waals surface area contributed by atoms with Gasteiger partial charge in [-0.25, -0.2) is 4.68 Å². The Labute approximate surface area is 175 Å². The van der Waals surface area contributed by atoms with Gasteiger partial charge in [-0.3, -0.25) is 15.1 Å². The van der Waals surface area contributed by atoms with Crippen LogP contribution in [0.3, 0.4) is 0 Å². The summed E-state index contributed by atoms with van der Waals surface area (Å²) in [6, 6.07) is 13.2. The van der Waals surface area contributed by atoms with E-state index in [0.717, 1.165) is 20.5 Å². The fraction of sp³-hybridized carbons (Fsp3) is 0.200. The molecule has 28 heavy (non-hydrogen) atoms. The van der Waals surface area contributed by atoms with E-state index < -0.39 is 0 Å². The van der Waals surface area contributed by atoms with Crippen molar-refractivity contribution in [2.24, 2.45) is 10.1 Å². The fourth-order valence-electron chi connectivity index (χ4n) is 2.70. The quantitative estimate of drug-likeness (QED) is 0.292. The van der Waals surface area contributed by atoms with Gasteiger partial charge in [0.1, 0.15) is 0 Å². The van der Waals surface area contributed by atoms with Gasteiger partial charge in [-0.05, 0) is 32.9 Å². The van der Waals surface area contributed by atoms with Gasteiger partial charge in [0.25, 0.3) is 5.69 Å². The minimum Gasteiger partial charge on any atom is -0.258 e. The number of benzene rings is 2. The van der Waals surface area contributed by atoms with Crippen LogP contribution in [0.4, 0.5) is 5.69 Å². The maximum Gasteiger partial charge on any atom is 0.272 e. The molecule has 0 aliphatic rings. The van der Waals surface area contributed by atoms with Crippen LogP contribution >= 0.6 is 27.3 Å². The molecule has 0 aliphatic heterocycles. The molecular formula is C20H19BrN4O2S. The first-order valence-corrected chi connectivity index (χ1v) is 10.4. The first-order chi connectivity index (χ1) is 13.4. The molecule has 144 valence electrons. The minimum absolute atomic E-state index is 0.0916. The number of nitro groups is 1. The summed E-state index contributed by atoms with van der Waals surface area (Å²) in [6.07, 6.45) is 0. The van der Waals surface area contributed by atoms with Gasteiger partial charge < -0.3 is 0 Å². The molecule has 0 atom stereocenters. The number of nitro benzene ring substituents is 1. The van der Waals surface area contributed by atoms with E-state index in [0.29, 0.717) is 23.4 Å². The Morgan fingerprint density at radius 1 is 1.25 bits per heavy atom. The number of aromatic nitrogens is 1. The van der Waals surface area contributed by atoms with Crippen molar-refractivity contribution in [1.82, 2.24) is 4.68 Å². The third-order valence-electron chi connectivity index (χ3n) is 4.19. The molecule has 1 aromatic heterocycles. The molecule has 0 aliphatic carbocycles.